The Hall–Kier alpha value is -3.24. The van der Waals surface area contributed by atoms with Crippen LogP contribution in [0.3, 0.4) is 0 Å². The highest BCUT2D eigenvalue weighted by atomic mass is 16.3. The average molecular weight is 456 g/mol. The first-order valence-electron chi connectivity index (χ1n) is 10.6. The number of likely N-dealkylation sites (N-methyl/N-ethyl adjacent to an activating group) is 1. The second-order valence-electron chi connectivity index (χ2n) is 9.26. The molecule has 6 atom stereocenters. The van der Waals surface area contributed by atoms with Crippen molar-refractivity contribution in [1.29, 1.82) is 0 Å². The number of phenolic OH excluding ortho intramolecular Hbond substituents is 1. The van der Waals surface area contributed by atoms with Gasteiger partial charge in [-0.2, -0.15) is 0 Å². The Morgan fingerprint density at radius 2 is 1.88 bits per heavy atom. The number of rotatable bonds is 4. The van der Waals surface area contributed by atoms with Gasteiger partial charge in [0.1, 0.15) is 12.0 Å². The van der Waals surface area contributed by atoms with Gasteiger partial charge in [-0.3, -0.25) is 28.9 Å². The number of amides is 1. The highest BCUT2D eigenvalue weighted by Gasteiger charge is 2.69. The van der Waals surface area contributed by atoms with E-state index in [0.29, 0.717) is 17.4 Å². The molecule has 4 N–H and O–H groups in total. The lowest BCUT2D eigenvalue weighted by molar-refractivity contribution is -0.181. The molecule has 1 aromatic rings. The number of primary amides is 1. The van der Waals surface area contributed by atoms with Crippen molar-refractivity contribution in [2.75, 3.05) is 14.1 Å². The number of carbonyl (C=O) groups is 6. The predicted molar refractivity (Wildman–Crippen MR) is 111 cm³/mol. The van der Waals surface area contributed by atoms with Gasteiger partial charge in [0.15, 0.2) is 34.7 Å². The first-order chi connectivity index (χ1) is 15.5. The molecule has 33 heavy (non-hydrogen) atoms. The normalized spacial score (nSPS) is 33.4. The summed E-state index contributed by atoms with van der Waals surface area (Å²) in [4.78, 5) is 77.6. The van der Waals surface area contributed by atoms with Crippen LogP contribution in [0.2, 0.25) is 0 Å². The Kier molecular flexibility index (Phi) is 5.33. The van der Waals surface area contributed by atoms with E-state index in [4.69, 9.17) is 5.73 Å². The van der Waals surface area contributed by atoms with Gasteiger partial charge in [-0.25, -0.2) is 0 Å². The van der Waals surface area contributed by atoms with Crippen molar-refractivity contribution in [2.45, 2.75) is 30.9 Å². The van der Waals surface area contributed by atoms with Crippen molar-refractivity contribution in [3.8, 4) is 5.75 Å². The number of ketones is 4. The molecule has 0 spiro atoms. The third kappa shape index (κ3) is 3.01. The van der Waals surface area contributed by atoms with E-state index in [1.165, 1.54) is 31.1 Å². The van der Waals surface area contributed by atoms with Gasteiger partial charge >= 0.3 is 0 Å². The van der Waals surface area contributed by atoms with Gasteiger partial charge in [0, 0.05) is 12.3 Å². The van der Waals surface area contributed by atoms with Gasteiger partial charge in [-0.05, 0) is 50.0 Å². The van der Waals surface area contributed by atoms with Gasteiger partial charge in [-0.1, -0.05) is 6.07 Å². The third-order valence-corrected chi connectivity index (χ3v) is 7.35. The van der Waals surface area contributed by atoms with Gasteiger partial charge in [0.05, 0.1) is 17.5 Å². The van der Waals surface area contributed by atoms with Crippen molar-refractivity contribution in [1.82, 2.24) is 4.90 Å². The van der Waals surface area contributed by atoms with E-state index in [1.54, 1.807) is 0 Å². The molecule has 10 heteroatoms. The molecule has 0 aliphatic heterocycles. The Morgan fingerprint density at radius 1 is 1.21 bits per heavy atom. The second kappa shape index (κ2) is 7.67. The Labute approximate surface area is 188 Å². The molecule has 0 radical (unpaired) electrons. The van der Waals surface area contributed by atoms with Crippen molar-refractivity contribution in [2.24, 2.45) is 29.4 Å². The van der Waals surface area contributed by atoms with Crippen LogP contribution in [-0.4, -0.2) is 76.2 Å². The molecule has 1 amide bonds. The minimum atomic E-state index is -2.74. The van der Waals surface area contributed by atoms with E-state index >= 15 is 0 Å². The van der Waals surface area contributed by atoms with Crippen molar-refractivity contribution >= 4 is 35.3 Å². The lowest BCUT2D eigenvalue weighted by atomic mass is 9.52. The van der Waals surface area contributed by atoms with Gasteiger partial charge in [-0.15, -0.1) is 0 Å². The van der Waals surface area contributed by atoms with Crippen LogP contribution in [0, 0.1) is 23.7 Å². The number of aromatic hydroxyl groups is 1. The zero-order valence-electron chi connectivity index (χ0n) is 18.1. The number of nitrogens with zero attached hydrogens (tertiary/aromatic N) is 1. The minimum absolute atomic E-state index is 0.00613. The highest BCUT2D eigenvalue weighted by molar-refractivity contribution is 6.32. The molecule has 2 unspecified atom stereocenters. The number of Topliss-reactive ketones (excluding diaryl/α,β-unsaturated/α-hetero) is 4. The summed E-state index contributed by atoms with van der Waals surface area (Å²) >= 11 is 0. The van der Waals surface area contributed by atoms with Gasteiger partial charge in [0.25, 0.3) is 0 Å². The molecule has 3 aliphatic rings. The third-order valence-electron chi connectivity index (χ3n) is 7.35. The summed E-state index contributed by atoms with van der Waals surface area (Å²) in [5.74, 6) is -10.9. The van der Waals surface area contributed by atoms with E-state index in [-0.39, 0.29) is 30.6 Å². The molecule has 4 rings (SSSR count). The number of fused-ring (bicyclic) bond motifs is 3. The average Bonchev–Trinajstić information content (AvgIpc) is 2.72. The van der Waals surface area contributed by atoms with Crippen LogP contribution < -0.4 is 5.73 Å². The van der Waals surface area contributed by atoms with Crippen LogP contribution in [-0.2, 0) is 36.8 Å². The molecular weight excluding hydrogens is 432 g/mol. The number of nitrogens with two attached hydrogens (primary N) is 1. The lowest BCUT2D eigenvalue weighted by Crippen LogP contribution is -2.74. The van der Waals surface area contributed by atoms with E-state index < -0.39 is 64.4 Å². The van der Waals surface area contributed by atoms with Gasteiger partial charge in [0.2, 0.25) is 5.91 Å². The van der Waals surface area contributed by atoms with Crippen LogP contribution in [0.4, 0.5) is 0 Å². The van der Waals surface area contributed by atoms with E-state index in [2.05, 4.69) is 0 Å². The standard InChI is InChI=1S/C23H24N2O8/c1-25(2)17-12-8-10-7-11-9(5-6-26)3-4-13(27)15(11)18(28)14(10)20(30)23(12,33)21(31)16(19(17)29)22(24)32/h3-4,6,10,12,14,16-17,27,33H,5,7-8H2,1-2H3,(H2,24,32)/t10-,12-,14?,16?,17-,23-/m0/s1. The van der Waals surface area contributed by atoms with Crippen LogP contribution in [0.5, 0.6) is 5.75 Å². The Balaban J connectivity index is 1.88. The number of aliphatic hydroxyl groups is 1. The monoisotopic (exact) mass is 456 g/mol. The summed E-state index contributed by atoms with van der Waals surface area (Å²) in [6, 6.07) is 1.64. The van der Waals surface area contributed by atoms with Crippen LogP contribution in [0.25, 0.3) is 0 Å². The van der Waals surface area contributed by atoms with Gasteiger partial charge < -0.3 is 20.7 Å². The predicted octanol–water partition coefficient (Wildman–Crippen LogP) is -1.39. The summed E-state index contributed by atoms with van der Waals surface area (Å²) in [6.45, 7) is 0. The number of phenols is 1. The Bertz CT molecular complexity index is 1130. The summed E-state index contributed by atoms with van der Waals surface area (Å²) in [5.41, 5.74) is 3.40. The fraction of sp³-hybridized carbons (Fsp3) is 0.478. The zero-order chi connectivity index (χ0) is 24.4. The molecule has 0 bridgehead atoms. The molecule has 174 valence electrons. The first-order valence-corrected chi connectivity index (χ1v) is 10.6. The van der Waals surface area contributed by atoms with Crippen molar-refractivity contribution < 1.29 is 39.0 Å². The van der Waals surface area contributed by atoms with Crippen molar-refractivity contribution in [3.63, 3.8) is 0 Å². The Morgan fingerprint density at radius 3 is 2.45 bits per heavy atom. The molecule has 0 heterocycles. The van der Waals surface area contributed by atoms with Crippen LogP contribution in [0.1, 0.15) is 27.9 Å². The number of aldehydes is 1. The maximum atomic E-state index is 13.6. The highest BCUT2D eigenvalue weighted by Crippen LogP contribution is 2.50. The van der Waals surface area contributed by atoms with Crippen LogP contribution >= 0.6 is 0 Å². The molecule has 2 fully saturated rings. The van der Waals surface area contributed by atoms with E-state index in [9.17, 15) is 39.0 Å². The maximum Gasteiger partial charge on any atom is 0.235 e. The summed E-state index contributed by atoms with van der Waals surface area (Å²) in [7, 11) is 3.05. The second-order valence-corrected chi connectivity index (χ2v) is 9.26. The smallest absolute Gasteiger partial charge is 0.235 e. The maximum absolute atomic E-state index is 13.6. The fourth-order valence-corrected chi connectivity index (χ4v) is 5.95. The number of hydrogen-bond donors (Lipinski definition) is 3. The lowest BCUT2D eigenvalue weighted by Gasteiger charge is -2.52. The summed E-state index contributed by atoms with van der Waals surface area (Å²) < 4.78 is 0. The first kappa shape index (κ1) is 22.9. The topological polar surface area (TPSA) is 172 Å². The number of benzene rings is 1. The quantitative estimate of drug-likeness (QED) is 0.364. The number of carbonyl (C=O) groups excluding carboxylic acids is 6. The molecule has 2 saturated carbocycles. The molecule has 1 aromatic carbocycles. The van der Waals surface area contributed by atoms with Crippen molar-refractivity contribution in [3.05, 3.63) is 28.8 Å². The molecule has 3 aliphatic carbocycles. The van der Waals surface area contributed by atoms with E-state index in [0.717, 1.165) is 0 Å². The molecule has 0 saturated heterocycles. The molecule has 10 nitrogen and oxygen atoms in total. The molecule has 0 aromatic heterocycles. The molecular formula is C23H24N2O8. The minimum Gasteiger partial charge on any atom is -0.507 e. The fourth-order valence-electron chi connectivity index (χ4n) is 5.95. The number of hydrogen-bond acceptors (Lipinski definition) is 9. The summed E-state index contributed by atoms with van der Waals surface area (Å²) in [6.07, 6.45) is 0.786. The largest absolute Gasteiger partial charge is 0.507 e. The van der Waals surface area contributed by atoms with E-state index in [1.807, 2.05) is 0 Å². The SMILES string of the molecule is CN(C)[C@@H]1C(=O)C(C(N)=O)C(=O)[C@@]2(O)C(=O)C3C(=O)c4c(O)ccc(CC=O)c4C[C@H]3C[C@@H]12. The zero-order valence-corrected chi connectivity index (χ0v) is 18.1. The summed E-state index contributed by atoms with van der Waals surface area (Å²) in [5, 5.41) is 21.8. The van der Waals surface area contributed by atoms with Crippen LogP contribution in [0.15, 0.2) is 12.1 Å².